The second-order valence-corrected chi connectivity index (χ2v) is 6.79. The third kappa shape index (κ3) is 3.48. The molecule has 0 atom stereocenters. The lowest BCUT2D eigenvalue weighted by Gasteiger charge is -2.26. The molecule has 0 unspecified atom stereocenters. The zero-order chi connectivity index (χ0) is 16.4. The molecule has 1 aromatic rings. The molecule has 2 aliphatic heterocycles. The van der Waals surface area contributed by atoms with E-state index in [9.17, 15) is 19.2 Å². The summed E-state index contributed by atoms with van der Waals surface area (Å²) in [5.41, 5.74) is 0. The van der Waals surface area contributed by atoms with Crippen LogP contribution in [0.3, 0.4) is 0 Å². The first-order valence-corrected chi connectivity index (χ1v) is 8.45. The third-order valence-corrected chi connectivity index (χ3v) is 4.95. The number of imide groups is 2. The zero-order valence-electron chi connectivity index (χ0n) is 12.6. The van der Waals surface area contributed by atoms with Crippen molar-refractivity contribution in [2.45, 2.75) is 32.2 Å². The molecule has 122 valence electrons. The van der Waals surface area contributed by atoms with Gasteiger partial charge in [-0.05, 0) is 11.4 Å². The van der Waals surface area contributed by atoms with E-state index < -0.39 is 0 Å². The Bertz CT molecular complexity index is 573. The molecule has 0 radical (unpaired) electrons. The topological polar surface area (TPSA) is 79.2 Å². The summed E-state index contributed by atoms with van der Waals surface area (Å²) in [5, 5.41) is 1.95. The quantitative estimate of drug-likeness (QED) is 0.700. The van der Waals surface area contributed by atoms with E-state index in [0.29, 0.717) is 6.54 Å². The number of likely N-dealkylation sites (tertiary alicyclic amines) is 2. The monoisotopic (exact) mass is 336 g/mol. The average molecular weight is 336 g/mol. The van der Waals surface area contributed by atoms with Gasteiger partial charge in [-0.2, -0.15) is 0 Å². The summed E-state index contributed by atoms with van der Waals surface area (Å²) in [6.45, 7) is 0.936. The van der Waals surface area contributed by atoms with Crippen molar-refractivity contribution < 1.29 is 24.1 Å². The van der Waals surface area contributed by atoms with Crippen LogP contribution in [0.4, 0.5) is 0 Å². The standard InChI is InChI=1S/C15H17N3O4S/c19-12-3-4-13(20)17(12)9-16(8-11-2-1-7-23-11)10-18-14(21)5-6-15(18)22/h1-2,7H,3-6,8-10H2/p+1. The summed E-state index contributed by atoms with van der Waals surface area (Å²) in [6, 6.07) is 3.89. The van der Waals surface area contributed by atoms with Gasteiger partial charge in [0, 0.05) is 25.7 Å². The van der Waals surface area contributed by atoms with Gasteiger partial charge in [-0.15, -0.1) is 11.3 Å². The van der Waals surface area contributed by atoms with Gasteiger partial charge < -0.3 is 0 Å². The minimum atomic E-state index is -0.183. The molecular weight excluding hydrogens is 318 g/mol. The molecule has 2 saturated heterocycles. The summed E-state index contributed by atoms with van der Waals surface area (Å²) < 4.78 is 0. The van der Waals surface area contributed by atoms with Gasteiger partial charge in [0.1, 0.15) is 6.54 Å². The summed E-state index contributed by atoms with van der Waals surface area (Å²) in [5.74, 6) is -0.731. The molecule has 0 saturated carbocycles. The number of carbonyl (C=O) groups excluding carboxylic acids is 4. The van der Waals surface area contributed by atoms with Crippen LogP contribution in [-0.2, 0) is 25.7 Å². The van der Waals surface area contributed by atoms with Crippen molar-refractivity contribution in [1.82, 2.24) is 9.80 Å². The molecule has 7 nitrogen and oxygen atoms in total. The van der Waals surface area contributed by atoms with Gasteiger partial charge in [0.15, 0.2) is 13.3 Å². The molecule has 1 N–H and O–H groups in total. The maximum absolute atomic E-state index is 11.8. The molecule has 3 heterocycles. The van der Waals surface area contributed by atoms with E-state index >= 15 is 0 Å². The van der Waals surface area contributed by atoms with Crippen molar-refractivity contribution >= 4 is 35.0 Å². The van der Waals surface area contributed by atoms with Gasteiger partial charge >= 0.3 is 0 Å². The Morgan fingerprint density at radius 2 is 1.35 bits per heavy atom. The molecule has 0 bridgehead atoms. The summed E-state index contributed by atoms with van der Waals surface area (Å²) >= 11 is 1.57. The van der Waals surface area contributed by atoms with Crippen LogP contribution in [0, 0.1) is 0 Å². The van der Waals surface area contributed by atoms with Crippen molar-refractivity contribution in [3.8, 4) is 0 Å². The van der Waals surface area contributed by atoms with E-state index in [1.54, 1.807) is 11.3 Å². The van der Waals surface area contributed by atoms with Crippen LogP contribution in [0.25, 0.3) is 0 Å². The number of amides is 4. The minimum absolute atomic E-state index is 0.183. The average Bonchev–Trinajstić information content (AvgIpc) is 3.21. The molecule has 2 aliphatic rings. The van der Waals surface area contributed by atoms with Gasteiger partial charge in [0.25, 0.3) is 0 Å². The number of nitrogens with one attached hydrogen (secondary N) is 1. The fourth-order valence-corrected chi connectivity index (χ4v) is 3.64. The van der Waals surface area contributed by atoms with Crippen LogP contribution in [0.5, 0.6) is 0 Å². The van der Waals surface area contributed by atoms with E-state index in [1.165, 1.54) is 9.80 Å². The Morgan fingerprint density at radius 1 is 0.870 bits per heavy atom. The molecule has 0 spiro atoms. The van der Waals surface area contributed by atoms with Crippen molar-refractivity contribution in [3.05, 3.63) is 22.4 Å². The predicted octanol–water partition coefficient (Wildman–Crippen LogP) is -0.654. The van der Waals surface area contributed by atoms with Crippen molar-refractivity contribution in [2.24, 2.45) is 0 Å². The van der Waals surface area contributed by atoms with Crippen LogP contribution in [0.1, 0.15) is 30.6 Å². The van der Waals surface area contributed by atoms with E-state index in [-0.39, 0.29) is 62.6 Å². The number of nitrogens with zero attached hydrogens (tertiary/aromatic N) is 2. The number of hydrogen-bond acceptors (Lipinski definition) is 5. The van der Waals surface area contributed by atoms with E-state index in [4.69, 9.17) is 0 Å². The smallest absolute Gasteiger partial charge is 0.234 e. The number of thiophene rings is 1. The summed E-state index contributed by atoms with van der Waals surface area (Å²) in [7, 11) is 0. The highest BCUT2D eigenvalue weighted by Crippen LogP contribution is 2.12. The molecule has 8 heteroatoms. The normalized spacial score (nSPS) is 18.8. The Kier molecular flexibility index (Phi) is 4.53. The Labute approximate surface area is 137 Å². The van der Waals surface area contributed by atoms with E-state index in [0.717, 1.165) is 9.78 Å². The van der Waals surface area contributed by atoms with Gasteiger partial charge in [-0.1, -0.05) is 6.07 Å². The zero-order valence-corrected chi connectivity index (χ0v) is 13.4. The lowest BCUT2D eigenvalue weighted by molar-refractivity contribution is -0.927. The Balaban J connectivity index is 1.73. The van der Waals surface area contributed by atoms with Gasteiger partial charge in [0.2, 0.25) is 23.6 Å². The largest absolute Gasteiger partial charge is 0.295 e. The molecule has 0 aliphatic carbocycles. The predicted molar refractivity (Wildman–Crippen MR) is 80.9 cm³/mol. The van der Waals surface area contributed by atoms with Crippen LogP contribution < -0.4 is 4.90 Å². The second kappa shape index (κ2) is 6.59. The third-order valence-electron chi connectivity index (χ3n) is 4.08. The highest BCUT2D eigenvalue weighted by atomic mass is 32.1. The van der Waals surface area contributed by atoms with Gasteiger partial charge in [0.05, 0.1) is 4.88 Å². The van der Waals surface area contributed by atoms with E-state index in [1.807, 2.05) is 17.5 Å². The van der Waals surface area contributed by atoms with Crippen LogP contribution >= 0.6 is 11.3 Å². The molecular formula is C15H18N3O4S+. The minimum Gasteiger partial charge on any atom is -0.295 e. The molecule has 1 aromatic heterocycles. The first-order chi connectivity index (χ1) is 11.0. The summed E-state index contributed by atoms with van der Waals surface area (Å²) in [6.07, 6.45) is 0.971. The molecule has 4 amide bonds. The molecule has 2 fully saturated rings. The Hall–Kier alpha value is -2.06. The van der Waals surface area contributed by atoms with Crippen LogP contribution in [0.15, 0.2) is 17.5 Å². The highest BCUT2D eigenvalue weighted by Gasteiger charge is 2.36. The first-order valence-electron chi connectivity index (χ1n) is 7.57. The van der Waals surface area contributed by atoms with Crippen molar-refractivity contribution in [3.63, 3.8) is 0 Å². The highest BCUT2D eigenvalue weighted by molar-refractivity contribution is 7.09. The number of rotatable bonds is 6. The molecule has 23 heavy (non-hydrogen) atoms. The van der Waals surface area contributed by atoms with Crippen molar-refractivity contribution in [1.29, 1.82) is 0 Å². The SMILES string of the molecule is O=C1CCC(=O)N1C[NH+](Cc1cccs1)CN1C(=O)CCC1=O. The first kappa shape index (κ1) is 15.8. The van der Waals surface area contributed by atoms with E-state index in [2.05, 4.69) is 0 Å². The molecule has 3 rings (SSSR count). The molecule has 0 aromatic carbocycles. The maximum Gasteiger partial charge on any atom is 0.234 e. The van der Waals surface area contributed by atoms with Crippen LogP contribution in [0.2, 0.25) is 0 Å². The van der Waals surface area contributed by atoms with Crippen LogP contribution in [-0.4, -0.2) is 46.8 Å². The maximum atomic E-state index is 11.8. The second-order valence-electron chi connectivity index (χ2n) is 5.75. The lowest BCUT2D eigenvalue weighted by Crippen LogP contribution is -3.14. The Morgan fingerprint density at radius 3 is 1.74 bits per heavy atom. The summed E-state index contributed by atoms with van der Waals surface area (Å²) in [4.78, 5) is 51.7. The van der Waals surface area contributed by atoms with Crippen molar-refractivity contribution in [2.75, 3.05) is 13.3 Å². The fourth-order valence-electron chi connectivity index (χ4n) is 2.87. The number of carbonyl (C=O) groups is 4. The number of hydrogen-bond donors (Lipinski definition) is 1. The lowest BCUT2D eigenvalue weighted by atomic mass is 10.4. The van der Waals surface area contributed by atoms with Gasteiger partial charge in [-0.3, -0.25) is 24.1 Å². The van der Waals surface area contributed by atoms with Gasteiger partial charge in [-0.25, -0.2) is 9.80 Å². The fraction of sp³-hybridized carbons (Fsp3) is 0.467. The number of quaternary nitrogens is 1.